The second-order valence-corrected chi connectivity index (χ2v) is 8.99. The minimum Gasteiger partial charge on any atom is -0.382 e. The molecule has 9 heteroatoms. The minimum absolute atomic E-state index is 0.0296. The Bertz CT molecular complexity index is 913. The van der Waals surface area contributed by atoms with Crippen LogP contribution < -0.4 is 11.1 Å². The predicted octanol–water partition coefficient (Wildman–Crippen LogP) is 1.54. The first-order valence-corrected chi connectivity index (χ1v) is 10.4. The van der Waals surface area contributed by atoms with Gasteiger partial charge in [-0.05, 0) is 36.8 Å². The third-order valence-electron chi connectivity index (χ3n) is 5.51. The molecule has 28 heavy (non-hydrogen) atoms. The normalized spacial score (nSPS) is 17.9. The Kier molecular flexibility index (Phi) is 4.78. The zero-order chi connectivity index (χ0) is 19.9. The molecule has 1 aliphatic heterocycles. The van der Waals surface area contributed by atoms with E-state index in [1.54, 1.807) is 23.7 Å². The molecule has 1 saturated carbocycles. The lowest BCUT2D eigenvalue weighted by Crippen LogP contribution is -2.67. The molecule has 1 aliphatic carbocycles. The molecule has 148 valence electrons. The molecule has 8 nitrogen and oxygen atoms in total. The van der Waals surface area contributed by atoms with E-state index in [1.807, 2.05) is 24.3 Å². The van der Waals surface area contributed by atoms with Crippen molar-refractivity contribution in [3.05, 3.63) is 35.5 Å². The number of anilines is 1. The van der Waals surface area contributed by atoms with Gasteiger partial charge in [0, 0.05) is 42.1 Å². The maximum atomic E-state index is 12.5. The molecule has 2 fully saturated rings. The Morgan fingerprint density at radius 2 is 2.11 bits per heavy atom. The number of thioether (sulfide) groups is 1. The van der Waals surface area contributed by atoms with E-state index in [2.05, 4.69) is 22.6 Å². The Morgan fingerprint density at radius 3 is 2.75 bits per heavy atom. The highest BCUT2D eigenvalue weighted by atomic mass is 32.2. The maximum Gasteiger partial charge on any atom is 0.278 e. The lowest BCUT2D eigenvalue weighted by Gasteiger charge is -2.58. The van der Waals surface area contributed by atoms with Gasteiger partial charge in [-0.15, -0.1) is 16.9 Å². The van der Waals surface area contributed by atoms with Gasteiger partial charge < -0.3 is 16.0 Å². The number of aromatic nitrogens is 3. The molecule has 1 spiro atoms. The van der Waals surface area contributed by atoms with Crippen LogP contribution in [0.1, 0.15) is 40.6 Å². The number of nitrogens with one attached hydrogen (secondary N) is 1. The second kappa shape index (κ2) is 7.12. The summed E-state index contributed by atoms with van der Waals surface area (Å²) < 4.78 is 1.39. The molecular formula is C19H24N6O2S. The highest BCUT2D eigenvalue weighted by molar-refractivity contribution is 7.99. The topological polar surface area (TPSA) is 106 Å². The molecule has 0 radical (unpaired) electrons. The number of aryl methyl sites for hydroxylation is 1. The highest BCUT2D eigenvalue weighted by Crippen LogP contribution is 2.48. The Morgan fingerprint density at radius 1 is 1.36 bits per heavy atom. The van der Waals surface area contributed by atoms with Gasteiger partial charge in [0.05, 0.1) is 0 Å². The second-order valence-electron chi connectivity index (χ2n) is 7.65. The standard InChI is InChI=1S/C19H24N6O2S/c1-3-28-14-6-4-5-12(7-14)17(26)21-13-8-19(9-13)10-25(11-19)18(27)15-16(20)24(2)23-22-15/h4-7,13H,3,8-11,20H2,1-2H3,(H,21,26). The molecule has 3 N–H and O–H groups in total. The van der Waals surface area contributed by atoms with Gasteiger partial charge in [-0.2, -0.15) is 0 Å². The summed E-state index contributed by atoms with van der Waals surface area (Å²) in [7, 11) is 1.66. The first-order chi connectivity index (χ1) is 13.4. The smallest absolute Gasteiger partial charge is 0.278 e. The lowest BCUT2D eigenvalue weighted by atomic mass is 9.60. The monoisotopic (exact) mass is 400 g/mol. The number of nitrogen functional groups attached to an aromatic ring is 1. The maximum absolute atomic E-state index is 12.5. The Balaban J connectivity index is 1.28. The van der Waals surface area contributed by atoms with Gasteiger partial charge in [-0.3, -0.25) is 9.59 Å². The van der Waals surface area contributed by atoms with Gasteiger partial charge in [0.15, 0.2) is 11.5 Å². The van der Waals surface area contributed by atoms with E-state index in [-0.39, 0.29) is 34.8 Å². The van der Waals surface area contributed by atoms with Crippen LogP contribution in [0.3, 0.4) is 0 Å². The van der Waals surface area contributed by atoms with Crippen LogP contribution >= 0.6 is 11.8 Å². The van der Waals surface area contributed by atoms with Crippen molar-refractivity contribution in [2.45, 2.75) is 30.7 Å². The zero-order valence-corrected chi connectivity index (χ0v) is 16.8. The van der Waals surface area contributed by atoms with Gasteiger partial charge in [0.1, 0.15) is 0 Å². The van der Waals surface area contributed by atoms with Crippen molar-refractivity contribution in [1.82, 2.24) is 25.2 Å². The summed E-state index contributed by atoms with van der Waals surface area (Å²) in [5.74, 6) is 1.06. The third-order valence-corrected chi connectivity index (χ3v) is 6.39. The van der Waals surface area contributed by atoms with Crippen LogP contribution in [-0.2, 0) is 7.05 Å². The number of carbonyl (C=O) groups excluding carboxylic acids is 2. The van der Waals surface area contributed by atoms with Crippen molar-refractivity contribution < 1.29 is 9.59 Å². The van der Waals surface area contributed by atoms with Crippen molar-refractivity contribution in [1.29, 1.82) is 0 Å². The summed E-state index contributed by atoms with van der Waals surface area (Å²) in [6.07, 6.45) is 1.78. The van der Waals surface area contributed by atoms with E-state index in [1.165, 1.54) is 4.68 Å². The molecule has 1 aromatic carbocycles. The van der Waals surface area contributed by atoms with E-state index in [9.17, 15) is 9.59 Å². The lowest BCUT2D eigenvalue weighted by molar-refractivity contribution is -0.0595. The molecule has 2 heterocycles. The van der Waals surface area contributed by atoms with Crippen LogP contribution in [-0.4, -0.2) is 56.6 Å². The molecule has 1 aromatic heterocycles. The predicted molar refractivity (Wildman–Crippen MR) is 107 cm³/mol. The molecular weight excluding hydrogens is 376 g/mol. The number of hydrogen-bond acceptors (Lipinski definition) is 6. The highest BCUT2D eigenvalue weighted by Gasteiger charge is 2.54. The third kappa shape index (κ3) is 3.34. The minimum atomic E-state index is -0.172. The van der Waals surface area contributed by atoms with Crippen molar-refractivity contribution in [2.24, 2.45) is 12.5 Å². The summed E-state index contributed by atoms with van der Waals surface area (Å²) in [6.45, 7) is 3.45. The fraction of sp³-hybridized carbons (Fsp3) is 0.474. The van der Waals surface area contributed by atoms with E-state index in [0.717, 1.165) is 23.5 Å². The number of nitrogens with zero attached hydrogens (tertiary/aromatic N) is 4. The molecule has 1 saturated heterocycles. The number of hydrogen-bond donors (Lipinski definition) is 2. The number of benzene rings is 1. The summed E-state index contributed by atoms with van der Waals surface area (Å²) in [5.41, 5.74) is 6.86. The van der Waals surface area contributed by atoms with Gasteiger partial charge in [0.25, 0.3) is 11.8 Å². The molecule has 4 rings (SSSR count). The Labute approximate surface area is 167 Å². The number of rotatable bonds is 5. The first-order valence-electron chi connectivity index (χ1n) is 9.39. The van der Waals surface area contributed by atoms with Crippen LogP contribution in [0.5, 0.6) is 0 Å². The van der Waals surface area contributed by atoms with Gasteiger partial charge in [0.2, 0.25) is 0 Å². The van der Waals surface area contributed by atoms with Crippen molar-refractivity contribution >= 4 is 29.4 Å². The molecule has 0 bridgehead atoms. The van der Waals surface area contributed by atoms with Crippen molar-refractivity contribution in [3.63, 3.8) is 0 Å². The summed E-state index contributed by atoms with van der Waals surface area (Å²) in [5, 5.41) is 10.8. The molecule has 2 amide bonds. The number of amides is 2. The zero-order valence-electron chi connectivity index (χ0n) is 16.0. The SMILES string of the molecule is CCSc1cccc(C(=O)NC2CC3(C2)CN(C(=O)c2nnn(C)c2N)C3)c1. The largest absolute Gasteiger partial charge is 0.382 e. The van der Waals surface area contributed by atoms with E-state index >= 15 is 0 Å². The van der Waals surface area contributed by atoms with Crippen molar-refractivity contribution in [2.75, 3.05) is 24.6 Å². The molecule has 0 unspecified atom stereocenters. The fourth-order valence-corrected chi connectivity index (χ4v) is 4.80. The number of nitrogens with two attached hydrogens (primary N) is 1. The van der Waals surface area contributed by atoms with Crippen LogP contribution in [0.2, 0.25) is 0 Å². The number of carbonyl (C=O) groups is 2. The average Bonchev–Trinajstić information content (AvgIpc) is 2.95. The quantitative estimate of drug-likeness (QED) is 0.738. The summed E-state index contributed by atoms with van der Waals surface area (Å²) in [4.78, 5) is 27.8. The van der Waals surface area contributed by atoms with Gasteiger partial charge >= 0.3 is 0 Å². The van der Waals surface area contributed by atoms with Gasteiger partial charge in [-0.25, -0.2) is 4.68 Å². The van der Waals surface area contributed by atoms with Crippen LogP contribution in [0.4, 0.5) is 5.82 Å². The fourth-order valence-electron chi connectivity index (χ4n) is 4.08. The van der Waals surface area contributed by atoms with E-state index in [0.29, 0.717) is 18.7 Å². The molecule has 2 aliphatic rings. The van der Waals surface area contributed by atoms with Gasteiger partial charge in [-0.1, -0.05) is 18.2 Å². The van der Waals surface area contributed by atoms with E-state index < -0.39 is 0 Å². The number of likely N-dealkylation sites (tertiary alicyclic amines) is 1. The summed E-state index contributed by atoms with van der Waals surface area (Å²) >= 11 is 1.72. The van der Waals surface area contributed by atoms with E-state index in [4.69, 9.17) is 5.73 Å². The Hall–Kier alpha value is -2.55. The van der Waals surface area contributed by atoms with Crippen LogP contribution in [0, 0.1) is 5.41 Å². The average molecular weight is 401 g/mol. The molecule has 2 aromatic rings. The van der Waals surface area contributed by atoms with Crippen molar-refractivity contribution in [3.8, 4) is 0 Å². The summed E-state index contributed by atoms with van der Waals surface area (Å²) in [6, 6.07) is 7.88. The first kappa shape index (κ1) is 18.8. The van der Waals surface area contributed by atoms with Crippen LogP contribution in [0.15, 0.2) is 29.2 Å². The van der Waals surface area contributed by atoms with Crippen LogP contribution in [0.25, 0.3) is 0 Å². The molecule has 0 atom stereocenters.